The second kappa shape index (κ2) is 5.63. The molecule has 0 aliphatic rings. The van der Waals surface area contributed by atoms with Gasteiger partial charge in [-0.05, 0) is 17.7 Å². The molecule has 1 aromatic carbocycles. The Kier molecular flexibility index (Phi) is 3.52. The number of hydrazine groups is 1. The third kappa shape index (κ3) is 2.70. The summed E-state index contributed by atoms with van der Waals surface area (Å²) in [6, 6.07) is 7.81. The van der Waals surface area contributed by atoms with E-state index in [1.165, 1.54) is 0 Å². The van der Waals surface area contributed by atoms with Gasteiger partial charge in [-0.25, -0.2) is 5.84 Å². The topological polar surface area (TPSA) is 114 Å². The van der Waals surface area contributed by atoms with Gasteiger partial charge in [0, 0.05) is 6.54 Å². The van der Waals surface area contributed by atoms with Gasteiger partial charge in [0.1, 0.15) is 11.6 Å². The van der Waals surface area contributed by atoms with Crippen LogP contribution in [0.15, 0.2) is 30.5 Å². The molecule has 8 heteroatoms. The first-order chi connectivity index (χ1) is 10.3. The van der Waals surface area contributed by atoms with E-state index in [-0.39, 0.29) is 0 Å². The molecule has 0 saturated carbocycles. The Morgan fingerprint density at radius 1 is 1.33 bits per heavy atom. The fourth-order valence-corrected chi connectivity index (χ4v) is 2.00. The molecule has 0 radical (unpaired) electrons. The highest BCUT2D eigenvalue weighted by Crippen LogP contribution is 2.21. The highest BCUT2D eigenvalue weighted by Gasteiger charge is 2.08. The number of aromatic nitrogens is 4. The second-order valence-corrected chi connectivity index (χ2v) is 4.38. The van der Waals surface area contributed by atoms with Crippen molar-refractivity contribution in [3.63, 3.8) is 0 Å². The standard InChI is InChI=1S/C13H15N7O/c1-21-9-4-2-3-8(5-9)6-15-11-10-7-16-20-12(10)18-13(17-11)19-14/h2-5,7H,6,14H2,1H3,(H3,15,16,17,18,19,20). The van der Waals surface area contributed by atoms with E-state index in [0.717, 1.165) is 16.7 Å². The van der Waals surface area contributed by atoms with E-state index in [9.17, 15) is 0 Å². The average Bonchev–Trinajstić information content (AvgIpc) is 3.01. The number of hydrogen-bond acceptors (Lipinski definition) is 7. The fraction of sp³-hybridized carbons (Fsp3) is 0.154. The molecule has 3 aromatic rings. The molecule has 2 aromatic heterocycles. The van der Waals surface area contributed by atoms with Crippen LogP contribution in [0.25, 0.3) is 11.0 Å². The van der Waals surface area contributed by atoms with Crippen molar-refractivity contribution in [2.75, 3.05) is 17.9 Å². The maximum atomic E-state index is 5.37. The molecule has 21 heavy (non-hydrogen) atoms. The average molecular weight is 285 g/mol. The summed E-state index contributed by atoms with van der Waals surface area (Å²) in [4.78, 5) is 8.47. The van der Waals surface area contributed by atoms with Crippen LogP contribution in [0.1, 0.15) is 5.56 Å². The number of nitrogens with zero attached hydrogens (tertiary/aromatic N) is 3. The molecule has 0 bridgehead atoms. The van der Waals surface area contributed by atoms with Gasteiger partial charge in [-0.2, -0.15) is 15.1 Å². The molecule has 5 N–H and O–H groups in total. The van der Waals surface area contributed by atoms with Gasteiger partial charge in [-0.3, -0.25) is 10.5 Å². The lowest BCUT2D eigenvalue weighted by molar-refractivity contribution is 0.414. The molecule has 0 spiro atoms. The zero-order chi connectivity index (χ0) is 14.7. The van der Waals surface area contributed by atoms with Crippen molar-refractivity contribution in [2.24, 2.45) is 5.84 Å². The highest BCUT2D eigenvalue weighted by molar-refractivity contribution is 5.86. The Labute approximate surface area is 120 Å². The molecule has 0 fully saturated rings. The minimum atomic E-state index is 0.319. The van der Waals surface area contributed by atoms with Gasteiger partial charge in [0.2, 0.25) is 5.95 Å². The molecule has 3 rings (SSSR count). The summed E-state index contributed by atoms with van der Waals surface area (Å²) in [6.07, 6.45) is 1.67. The van der Waals surface area contributed by atoms with E-state index in [2.05, 4.69) is 30.9 Å². The summed E-state index contributed by atoms with van der Waals surface area (Å²) in [7, 11) is 1.64. The monoisotopic (exact) mass is 285 g/mol. The number of anilines is 2. The zero-order valence-corrected chi connectivity index (χ0v) is 11.4. The first-order valence-electron chi connectivity index (χ1n) is 6.34. The van der Waals surface area contributed by atoms with Crippen molar-refractivity contribution in [1.82, 2.24) is 20.2 Å². The number of hydrogen-bond donors (Lipinski definition) is 4. The van der Waals surface area contributed by atoms with E-state index in [1.807, 2.05) is 24.3 Å². The number of nitrogen functional groups attached to an aromatic ring is 1. The molecule has 108 valence electrons. The Morgan fingerprint density at radius 2 is 2.24 bits per heavy atom. The van der Waals surface area contributed by atoms with Gasteiger partial charge in [-0.1, -0.05) is 12.1 Å². The van der Waals surface area contributed by atoms with Crippen molar-refractivity contribution < 1.29 is 4.74 Å². The number of nitrogens with one attached hydrogen (secondary N) is 3. The van der Waals surface area contributed by atoms with Crippen LogP contribution >= 0.6 is 0 Å². The van der Waals surface area contributed by atoms with E-state index < -0.39 is 0 Å². The van der Waals surface area contributed by atoms with Crippen LogP contribution in [0.2, 0.25) is 0 Å². The molecule has 0 aliphatic heterocycles. The maximum Gasteiger partial charge on any atom is 0.241 e. The van der Waals surface area contributed by atoms with Gasteiger partial charge in [-0.15, -0.1) is 0 Å². The van der Waals surface area contributed by atoms with Crippen molar-refractivity contribution in [2.45, 2.75) is 6.54 Å². The SMILES string of the molecule is COc1cccc(CNc2nc(NN)nc3[nH]ncc23)c1. The molecule has 0 aliphatic carbocycles. The predicted octanol–water partition coefficient (Wildman–Crippen LogP) is 1.26. The smallest absolute Gasteiger partial charge is 0.241 e. The number of aromatic amines is 1. The van der Waals surface area contributed by atoms with Crippen molar-refractivity contribution in [1.29, 1.82) is 0 Å². The van der Waals surface area contributed by atoms with Gasteiger partial charge < -0.3 is 10.1 Å². The van der Waals surface area contributed by atoms with Crippen LogP contribution in [-0.4, -0.2) is 27.3 Å². The first kappa shape index (κ1) is 13.1. The van der Waals surface area contributed by atoms with Crippen LogP contribution < -0.4 is 21.3 Å². The largest absolute Gasteiger partial charge is 0.497 e. The Hall–Kier alpha value is -2.87. The van der Waals surface area contributed by atoms with E-state index in [0.29, 0.717) is 24.0 Å². The third-order valence-electron chi connectivity index (χ3n) is 3.03. The molecule has 2 heterocycles. The summed E-state index contributed by atoms with van der Waals surface area (Å²) >= 11 is 0. The number of nitrogens with two attached hydrogens (primary N) is 1. The van der Waals surface area contributed by atoms with E-state index in [4.69, 9.17) is 10.6 Å². The summed E-state index contributed by atoms with van der Waals surface area (Å²) in [6.45, 7) is 0.596. The normalized spacial score (nSPS) is 10.6. The van der Waals surface area contributed by atoms with Gasteiger partial charge in [0.15, 0.2) is 5.65 Å². The number of rotatable bonds is 5. The Morgan fingerprint density at radius 3 is 3.05 bits per heavy atom. The maximum absolute atomic E-state index is 5.37. The molecular formula is C13H15N7O. The predicted molar refractivity (Wildman–Crippen MR) is 79.8 cm³/mol. The van der Waals surface area contributed by atoms with Gasteiger partial charge in [0.25, 0.3) is 0 Å². The van der Waals surface area contributed by atoms with Crippen LogP contribution in [0, 0.1) is 0 Å². The fourth-order valence-electron chi connectivity index (χ4n) is 2.00. The molecule has 0 amide bonds. The number of ether oxygens (including phenoxy) is 1. The number of benzene rings is 1. The van der Waals surface area contributed by atoms with Crippen LogP contribution in [0.5, 0.6) is 5.75 Å². The molecular weight excluding hydrogens is 270 g/mol. The Bertz CT molecular complexity index is 755. The van der Waals surface area contributed by atoms with Gasteiger partial charge in [0.05, 0.1) is 18.7 Å². The summed E-state index contributed by atoms with van der Waals surface area (Å²) in [5, 5.41) is 10.8. The highest BCUT2D eigenvalue weighted by atomic mass is 16.5. The molecule has 0 atom stereocenters. The lowest BCUT2D eigenvalue weighted by Gasteiger charge is -2.09. The zero-order valence-electron chi connectivity index (χ0n) is 11.4. The summed E-state index contributed by atoms with van der Waals surface area (Å²) < 4.78 is 5.21. The molecule has 0 unspecified atom stereocenters. The number of H-pyrrole nitrogens is 1. The van der Waals surface area contributed by atoms with Crippen LogP contribution in [0.3, 0.4) is 0 Å². The van der Waals surface area contributed by atoms with Crippen molar-refractivity contribution in [3.05, 3.63) is 36.0 Å². The number of methoxy groups -OCH3 is 1. The quantitative estimate of drug-likeness (QED) is 0.412. The molecule has 8 nitrogen and oxygen atoms in total. The lowest BCUT2D eigenvalue weighted by atomic mass is 10.2. The van der Waals surface area contributed by atoms with Crippen molar-refractivity contribution >= 4 is 22.8 Å². The van der Waals surface area contributed by atoms with Crippen LogP contribution in [-0.2, 0) is 6.54 Å². The van der Waals surface area contributed by atoms with E-state index >= 15 is 0 Å². The minimum Gasteiger partial charge on any atom is -0.497 e. The lowest BCUT2D eigenvalue weighted by Crippen LogP contribution is -2.12. The van der Waals surface area contributed by atoms with Gasteiger partial charge >= 0.3 is 0 Å². The van der Waals surface area contributed by atoms with Crippen LogP contribution in [0.4, 0.5) is 11.8 Å². The van der Waals surface area contributed by atoms with E-state index in [1.54, 1.807) is 13.3 Å². The Balaban J connectivity index is 1.85. The second-order valence-electron chi connectivity index (χ2n) is 4.38. The molecule has 0 saturated heterocycles. The number of fused-ring (bicyclic) bond motifs is 1. The summed E-state index contributed by atoms with van der Waals surface area (Å²) in [5.41, 5.74) is 4.13. The van der Waals surface area contributed by atoms with Crippen molar-refractivity contribution in [3.8, 4) is 5.75 Å². The third-order valence-corrected chi connectivity index (χ3v) is 3.03. The summed E-state index contributed by atoms with van der Waals surface area (Å²) in [5.74, 6) is 7.16. The minimum absolute atomic E-state index is 0.319. The first-order valence-corrected chi connectivity index (χ1v) is 6.34.